The Morgan fingerprint density at radius 3 is 2.26 bits per heavy atom. The first-order valence-electron chi connectivity index (χ1n) is 8.24. The molecule has 5 heteroatoms. The third kappa shape index (κ3) is 5.67. The highest BCUT2D eigenvalue weighted by Gasteiger charge is 2.24. The molecule has 0 radical (unpaired) electrons. The van der Waals surface area contributed by atoms with Gasteiger partial charge in [0, 0.05) is 12.2 Å². The van der Waals surface area contributed by atoms with Gasteiger partial charge in [0.2, 0.25) is 0 Å². The molecule has 0 bridgehead atoms. The summed E-state index contributed by atoms with van der Waals surface area (Å²) in [6.07, 6.45) is 0.910. The number of aryl methyl sites for hydroxylation is 3. The Morgan fingerprint density at radius 1 is 1.17 bits per heavy atom. The van der Waals surface area contributed by atoms with Gasteiger partial charge in [-0.1, -0.05) is 24.6 Å². The van der Waals surface area contributed by atoms with Gasteiger partial charge in [0.25, 0.3) is 11.8 Å². The van der Waals surface area contributed by atoms with Crippen molar-refractivity contribution < 1.29 is 14.5 Å². The average molecular weight is 320 g/mol. The summed E-state index contributed by atoms with van der Waals surface area (Å²) >= 11 is 0. The molecule has 0 aliphatic rings. The fourth-order valence-corrected chi connectivity index (χ4v) is 2.57. The van der Waals surface area contributed by atoms with E-state index in [1.807, 2.05) is 41.7 Å². The Bertz CT molecular complexity index is 546. The average Bonchev–Trinajstić information content (AvgIpc) is 2.47. The molecule has 5 nitrogen and oxygen atoms in total. The van der Waals surface area contributed by atoms with Gasteiger partial charge in [0.05, 0.1) is 7.05 Å². The van der Waals surface area contributed by atoms with Gasteiger partial charge in [-0.05, 0) is 45.2 Å². The Labute approximate surface area is 139 Å². The number of rotatable bonds is 7. The largest absolute Gasteiger partial charge is 0.351 e. The van der Waals surface area contributed by atoms with Crippen molar-refractivity contribution in [2.24, 2.45) is 0 Å². The van der Waals surface area contributed by atoms with Crippen molar-refractivity contribution in [3.63, 3.8) is 0 Å². The van der Waals surface area contributed by atoms with Crippen molar-refractivity contribution in [3.05, 3.63) is 28.8 Å². The van der Waals surface area contributed by atoms with Crippen molar-refractivity contribution in [1.82, 2.24) is 5.32 Å². The molecule has 1 unspecified atom stereocenters. The fraction of sp³-hybridized carbons (Fsp3) is 0.556. The van der Waals surface area contributed by atoms with Crippen LogP contribution in [-0.4, -0.2) is 38.0 Å². The quantitative estimate of drug-likeness (QED) is 0.701. The number of carbonyl (C=O) groups is 2. The maximum atomic E-state index is 12.5. The van der Waals surface area contributed by atoms with Gasteiger partial charge < -0.3 is 15.5 Å². The Kier molecular flexibility index (Phi) is 7.23. The van der Waals surface area contributed by atoms with Crippen molar-refractivity contribution >= 4 is 17.5 Å². The molecule has 0 aromatic heterocycles. The van der Waals surface area contributed by atoms with Crippen LogP contribution in [-0.2, 0) is 9.59 Å². The summed E-state index contributed by atoms with van der Waals surface area (Å²) in [4.78, 5) is 25.1. The number of anilines is 1. The van der Waals surface area contributed by atoms with Gasteiger partial charge in [-0.3, -0.25) is 9.59 Å². The molecular weight excluding hydrogens is 290 g/mol. The molecule has 1 aromatic carbocycles. The number of hydrogen-bond donors (Lipinski definition) is 3. The lowest BCUT2D eigenvalue weighted by molar-refractivity contribution is -0.885. The minimum Gasteiger partial charge on any atom is -0.351 e. The van der Waals surface area contributed by atoms with Crippen LogP contribution in [0.3, 0.4) is 0 Å². The molecule has 0 heterocycles. The highest BCUT2D eigenvalue weighted by molar-refractivity contribution is 5.95. The molecule has 1 rings (SSSR count). The first-order chi connectivity index (χ1) is 10.8. The molecule has 0 aliphatic carbocycles. The first kappa shape index (κ1) is 19.2. The topological polar surface area (TPSA) is 62.6 Å². The van der Waals surface area contributed by atoms with Crippen LogP contribution in [0.4, 0.5) is 5.69 Å². The third-order valence-corrected chi connectivity index (χ3v) is 4.07. The van der Waals surface area contributed by atoms with E-state index < -0.39 is 0 Å². The van der Waals surface area contributed by atoms with Crippen LogP contribution in [0.5, 0.6) is 0 Å². The summed E-state index contributed by atoms with van der Waals surface area (Å²) in [6, 6.07) is 3.81. The van der Waals surface area contributed by atoms with E-state index >= 15 is 0 Å². The van der Waals surface area contributed by atoms with E-state index in [1.54, 1.807) is 0 Å². The Balaban J connectivity index is 2.68. The van der Waals surface area contributed by atoms with Gasteiger partial charge in [-0.25, -0.2) is 0 Å². The molecule has 2 amide bonds. The van der Waals surface area contributed by atoms with Crippen LogP contribution < -0.4 is 15.5 Å². The fourth-order valence-electron chi connectivity index (χ4n) is 2.57. The molecule has 23 heavy (non-hydrogen) atoms. The summed E-state index contributed by atoms with van der Waals surface area (Å²) in [5.74, 6) is -0.0902. The lowest BCUT2D eigenvalue weighted by Gasteiger charge is -2.22. The second kappa shape index (κ2) is 8.67. The minimum absolute atomic E-state index is 0.0216. The SMILES string of the molecule is CCCNC(=O)C[NH+](C)[C@@H](C)C(=O)Nc1c(C)cc(C)cc1C. The second-order valence-corrected chi connectivity index (χ2v) is 6.36. The summed E-state index contributed by atoms with van der Waals surface area (Å²) in [6.45, 7) is 10.9. The van der Waals surface area contributed by atoms with E-state index in [9.17, 15) is 9.59 Å². The highest BCUT2D eigenvalue weighted by Crippen LogP contribution is 2.21. The zero-order valence-electron chi connectivity index (χ0n) is 15.2. The lowest BCUT2D eigenvalue weighted by atomic mass is 10.0. The molecule has 0 fully saturated rings. The van der Waals surface area contributed by atoms with Crippen molar-refractivity contribution in [2.75, 3.05) is 25.5 Å². The molecule has 3 N–H and O–H groups in total. The van der Waals surface area contributed by atoms with E-state index in [1.165, 1.54) is 5.56 Å². The van der Waals surface area contributed by atoms with Crippen molar-refractivity contribution in [1.29, 1.82) is 0 Å². The monoisotopic (exact) mass is 320 g/mol. The summed E-state index contributed by atoms with van der Waals surface area (Å²) in [7, 11) is 1.87. The van der Waals surface area contributed by atoms with Crippen molar-refractivity contribution in [3.8, 4) is 0 Å². The van der Waals surface area contributed by atoms with Crippen LogP contribution >= 0.6 is 0 Å². The highest BCUT2D eigenvalue weighted by atomic mass is 16.2. The Morgan fingerprint density at radius 2 is 1.74 bits per heavy atom. The predicted octanol–water partition coefficient (Wildman–Crippen LogP) is 0.980. The van der Waals surface area contributed by atoms with E-state index in [0.717, 1.165) is 28.1 Å². The van der Waals surface area contributed by atoms with Gasteiger partial charge in [0.15, 0.2) is 12.6 Å². The molecule has 0 spiro atoms. The molecule has 0 saturated carbocycles. The smallest absolute Gasteiger partial charge is 0.282 e. The summed E-state index contributed by atoms with van der Waals surface area (Å²) < 4.78 is 0. The molecule has 2 atom stereocenters. The predicted molar refractivity (Wildman–Crippen MR) is 93.8 cm³/mol. The Hall–Kier alpha value is -1.88. The van der Waals surface area contributed by atoms with Crippen LogP contribution in [0.1, 0.15) is 37.0 Å². The van der Waals surface area contributed by atoms with E-state index in [-0.39, 0.29) is 17.9 Å². The number of amides is 2. The summed E-state index contributed by atoms with van der Waals surface area (Å²) in [5, 5.41) is 5.85. The minimum atomic E-state index is -0.303. The van der Waals surface area contributed by atoms with Crippen LogP contribution in [0.15, 0.2) is 12.1 Å². The third-order valence-electron chi connectivity index (χ3n) is 4.07. The number of hydrogen-bond acceptors (Lipinski definition) is 2. The van der Waals surface area contributed by atoms with E-state index in [2.05, 4.69) is 22.8 Å². The van der Waals surface area contributed by atoms with Gasteiger partial charge in [0.1, 0.15) is 0 Å². The van der Waals surface area contributed by atoms with Gasteiger partial charge in [-0.15, -0.1) is 0 Å². The maximum absolute atomic E-state index is 12.5. The van der Waals surface area contributed by atoms with Crippen molar-refractivity contribution in [2.45, 2.75) is 47.1 Å². The number of likely N-dealkylation sites (N-methyl/N-ethyl adjacent to an activating group) is 1. The molecule has 0 saturated heterocycles. The van der Waals surface area contributed by atoms with Crippen LogP contribution in [0.25, 0.3) is 0 Å². The first-order valence-corrected chi connectivity index (χ1v) is 8.24. The molecular formula is C18H30N3O2+. The number of benzene rings is 1. The second-order valence-electron chi connectivity index (χ2n) is 6.36. The maximum Gasteiger partial charge on any atom is 0.282 e. The zero-order valence-corrected chi connectivity index (χ0v) is 15.2. The molecule has 0 aliphatic heterocycles. The number of carbonyl (C=O) groups excluding carboxylic acids is 2. The van der Waals surface area contributed by atoms with Gasteiger partial charge in [-0.2, -0.15) is 0 Å². The van der Waals surface area contributed by atoms with Crippen LogP contribution in [0, 0.1) is 20.8 Å². The zero-order chi connectivity index (χ0) is 17.6. The normalized spacial score (nSPS) is 13.3. The van der Waals surface area contributed by atoms with E-state index in [4.69, 9.17) is 0 Å². The standard InChI is InChI=1S/C18H29N3O2/c1-7-8-19-16(22)11-21(6)15(5)18(23)20-17-13(3)9-12(2)10-14(17)4/h9-10,15H,7-8,11H2,1-6H3,(H,19,22)(H,20,23)/p+1/t15-/m0/s1. The van der Waals surface area contributed by atoms with E-state index in [0.29, 0.717) is 13.1 Å². The number of quaternary nitrogens is 1. The van der Waals surface area contributed by atoms with Crippen LogP contribution in [0.2, 0.25) is 0 Å². The summed E-state index contributed by atoms with van der Waals surface area (Å²) in [5.41, 5.74) is 4.17. The lowest BCUT2D eigenvalue weighted by Crippen LogP contribution is -3.15. The molecule has 1 aromatic rings. The van der Waals surface area contributed by atoms with Gasteiger partial charge >= 0.3 is 0 Å². The molecule has 128 valence electrons. The number of nitrogens with one attached hydrogen (secondary N) is 3.